The highest BCUT2D eigenvalue weighted by Gasteiger charge is 2.25. The van der Waals surface area contributed by atoms with Gasteiger partial charge in [0.1, 0.15) is 17.2 Å². The van der Waals surface area contributed by atoms with Crippen LogP contribution in [0.15, 0.2) is 18.3 Å². The van der Waals surface area contributed by atoms with Gasteiger partial charge in [0.25, 0.3) is 0 Å². The summed E-state index contributed by atoms with van der Waals surface area (Å²) in [7, 11) is 0. The molecule has 7 nitrogen and oxygen atoms in total. The van der Waals surface area contributed by atoms with Crippen LogP contribution >= 0.6 is 0 Å². The summed E-state index contributed by atoms with van der Waals surface area (Å²) in [6.45, 7) is 4.21. The Morgan fingerprint density at radius 3 is 2.70 bits per heavy atom. The second kappa shape index (κ2) is 5.68. The molecule has 0 aliphatic heterocycles. The van der Waals surface area contributed by atoms with E-state index in [1.165, 1.54) is 0 Å². The molecule has 0 saturated heterocycles. The first kappa shape index (κ1) is 14.0. The molecule has 0 amide bonds. The quantitative estimate of drug-likeness (QED) is 0.664. The van der Waals surface area contributed by atoms with E-state index in [-0.39, 0.29) is 10.6 Å². The van der Waals surface area contributed by atoms with E-state index in [2.05, 4.69) is 10.1 Å². The van der Waals surface area contributed by atoms with Crippen molar-refractivity contribution in [2.45, 2.75) is 33.2 Å². The summed E-state index contributed by atoms with van der Waals surface area (Å²) >= 11 is 0. The average Bonchev–Trinajstić information content (AvgIpc) is 2.76. The van der Waals surface area contributed by atoms with Crippen molar-refractivity contribution in [2.75, 3.05) is 5.73 Å². The van der Waals surface area contributed by atoms with Crippen molar-refractivity contribution in [3.8, 4) is 0 Å². The molecule has 0 bridgehead atoms. The summed E-state index contributed by atoms with van der Waals surface area (Å²) < 4.78 is 1.69. The molecule has 0 aromatic carbocycles. The maximum absolute atomic E-state index is 11.2. The average molecular weight is 275 g/mol. The van der Waals surface area contributed by atoms with E-state index in [4.69, 9.17) is 5.73 Å². The highest BCUT2D eigenvalue weighted by atomic mass is 16.6. The number of nitro groups is 1. The maximum atomic E-state index is 11.2. The minimum atomic E-state index is -0.345. The van der Waals surface area contributed by atoms with Gasteiger partial charge in [-0.1, -0.05) is 13.8 Å². The van der Waals surface area contributed by atoms with E-state index in [1.54, 1.807) is 16.9 Å². The molecule has 2 rings (SSSR count). The summed E-state index contributed by atoms with van der Waals surface area (Å²) in [6, 6.07) is 3.58. The van der Waals surface area contributed by atoms with E-state index < -0.39 is 0 Å². The third kappa shape index (κ3) is 2.61. The molecule has 0 radical (unpaired) electrons. The summed E-state index contributed by atoms with van der Waals surface area (Å²) in [6.07, 6.45) is 2.72. The van der Waals surface area contributed by atoms with Gasteiger partial charge in [-0.05, 0) is 30.5 Å². The van der Waals surface area contributed by atoms with Crippen molar-refractivity contribution in [1.82, 2.24) is 14.8 Å². The van der Waals surface area contributed by atoms with Gasteiger partial charge in [-0.2, -0.15) is 5.10 Å². The number of aromatic nitrogens is 3. The van der Waals surface area contributed by atoms with Crippen LogP contribution in [0.3, 0.4) is 0 Å². The third-order valence-electron chi connectivity index (χ3n) is 3.13. The van der Waals surface area contributed by atoms with Crippen LogP contribution in [0.1, 0.15) is 30.8 Å². The number of hydrogen-bond acceptors (Lipinski definition) is 5. The second-order valence-corrected chi connectivity index (χ2v) is 4.45. The molecule has 2 N–H and O–H groups in total. The Balaban J connectivity index is 2.44. The number of hydrogen-bond donors (Lipinski definition) is 1. The lowest BCUT2D eigenvalue weighted by atomic mass is 10.2. The lowest BCUT2D eigenvalue weighted by Gasteiger charge is -2.05. The van der Waals surface area contributed by atoms with E-state index in [9.17, 15) is 10.1 Å². The maximum Gasteiger partial charge on any atom is 0.313 e. The SMILES string of the molecule is CCc1nn(Cc2ccnc(N)c2)c(CC)c1[N+](=O)[O-]. The molecular formula is C13H17N5O2. The molecule has 0 fully saturated rings. The molecule has 2 heterocycles. The Morgan fingerprint density at radius 1 is 1.40 bits per heavy atom. The smallest absolute Gasteiger partial charge is 0.313 e. The van der Waals surface area contributed by atoms with Gasteiger partial charge in [0.05, 0.1) is 11.5 Å². The van der Waals surface area contributed by atoms with E-state index in [1.807, 2.05) is 19.9 Å². The monoisotopic (exact) mass is 275 g/mol. The molecule has 7 heteroatoms. The standard InChI is InChI=1S/C13H17N5O2/c1-3-10-13(18(19)20)11(4-2)17(16-10)8-9-5-6-15-12(14)7-9/h5-7H,3-4,8H2,1-2H3,(H2,14,15). The number of nitrogens with zero attached hydrogens (tertiary/aromatic N) is 4. The topological polar surface area (TPSA) is 99.9 Å². The summed E-state index contributed by atoms with van der Waals surface area (Å²) in [4.78, 5) is 14.8. The summed E-state index contributed by atoms with van der Waals surface area (Å²) in [5, 5.41) is 15.6. The first-order valence-electron chi connectivity index (χ1n) is 6.50. The molecular weight excluding hydrogens is 258 g/mol. The van der Waals surface area contributed by atoms with Gasteiger partial charge in [0.15, 0.2) is 0 Å². The van der Waals surface area contributed by atoms with Crippen LogP contribution in [0.5, 0.6) is 0 Å². The predicted octanol–water partition coefficient (Wildman–Crippen LogP) is 1.94. The molecule has 20 heavy (non-hydrogen) atoms. The Bertz CT molecular complexity index is 636. The van der Waals surface area contributed by atoms with Gasteiger partial charge in [0, 0.05) is 6.20 Å². The molecule has 2 aromatic heterocycles. The Kier molecular flexibility index (Phi) is 3.97. The number of aryl methyl sites for hydroxylation is 1. The zero-order valence-electron chi connectivity index (χ0n) is 11.5. The van der Waals surface area contributed by atoms with Gasteiger partial charge in [-0.25, -0.2) is 4.98 Å². The zero-order chi connectivity index (χ0) is 14.7. The Labute approximate surface area is 116 Å². The highest BCUT2D eigenvalue weighted by molar-refractivity contribution is 5.42. The Hall–Kier alpha value is -2.44. The second-order valence-electron chi connectivity index (χ2n) is 4.45. The fraction of sp³-hybridized carbons (Fsp3) is 0.385. The molecule has 0 spiro atoms. The molecule has 0 atom stereocenters. The fourth-order valence-corrected chi connectivity index (χ4v) is 2.24. The third-order valence-corrected chi connectivity index (χ3v) is 3.13. The van der Waals surface area contributed by atoms with Crippen molar-refractivity contribution in [3.63, 3.8) is 0 Å². The van der Waals surface area contributed by atoms with Crippen LogP contribution in [0.2, 0.25) is 0 Å². The number of pyridine rings is 1. The van der Waals surface area contributed by atoms with Crippen molar-refractivity contribution in [1.29, 1.82) is 0 Å². The molecule has 0 aliphatic rings. The van der Waals surface area contributed by atoms with Gasteiger partial charge in [0.2, 0.25) is 0 Å². The molecule has 0 aliphatic carbocycles. The molecule has 0 unspecified atom stereocenters. The van der Waals surface area contributed by atoms with Gasteiger partial charge >= 0.3 is 5.69 Å². The van der Waals surface area contributed by atoms with Crippen LogP contribution in [-0.4, -0.2) is 19.7 Å². The minimum Gasteiger partial charge on any atom is -0.384 e. The van der Waals surface area contributed by atoms with Crippen LogP contribution < -0.4 is 5.73 Å². The summed E-state index contributed by atoms with van der Waals surface area (Å²) in [5.41, 5.74) is 7.87. The number of rotatable bonds is 5. The van der Waals surface area contributed by atoms with Gasteiger partial charge < -0.3 is 5.73 Å². The summed E-state index contributed by atoms with van der Waals surface area (Å²) in [5.74, 6) is 0.429. The number of nitrogens with two attached hydrogens (primary N) is 1. The first-order valence-corrected chi connectivity index (χ1v) is 6.50. The lowest BCUT2D eigenvalue weighted by Crippen LogP contribution is -2.07. The van der Waals surface area contributed by atoms with Crippen molar-refractivity contribution in [3.05, 3.63) is 45.4 Å². The highest BCUT2D eigenvalue weighted by Crippen LogP contribution is 2.25. The predicted molar refractivity (Wildman–Crippen MR) is 75.4 cm³/mol. The first-order chi connectivity index (χ1) is 9.56. The van der Waals surface area contributed by atoms with E-state index in [0.29, 0.717) is 36.6 Å². The van der Waals surface area contributed by atoms with Crippen molar-refractivity contribution in [2.24, 2.45) is 0 Å². The molecule has 0 saturated carbocycles. The van der Waals surface area contributed by atoms with Crippen molar-refractivity contribution >= 4 is 11.5 Å². The van der Waals surface area contributed by atoms with Gasteiger partial charge in [-0.15, -0.1) is 0 Å². The normalized spacial score (nSPS) is 10.7. The molecule has 2 aromatic rings. The fourth-order valence-electron chi connectivity index (χ4n) is 2.24. The van der Waals surface area contributed by atoms with Gasteiger partial charge in [-0.3, -0.25) is 14.8 Å². The van der Waals surface area contributed by atoms with E-state index in [0.717, 1.165) is 5.56 Å². The number of anilines is 1. The van der Waals surface area contributed by atoms with E-state index >= 15 is 0 Å². The zero-order valence-corrected chi connectivity index (χ0v) is 11.5. The van der Waals surface area contributed by atoms with Crippen LogP contribution in [0.4, 0.5) is 11.5 Å². The minimum absolute atomic E-state index is 0.136. The van der Waals surface area contributed by atoms with Crippen LogP contribution in [-0.2, 0) is 19.4 Å². The number of nitrogen functional groups attached to an aromatic ring is 1. The largest absolute Gasteiger partial charge is 0.384 e. The van der Waals surface area contributed by atoms with Crippen molar-refractivity contribution < 1.29 is 4.92 Å². The van der Waals surface area contributed by atoms with Crippen LogP contribution in [0.25, 0.3) is 0 Å². The van der Waals surface area contributed by atoms with Crippen LogP contribution in [0, 0.1) is 10.1 Å². The Morgan fingerprint density at radius 2 is 2.15 bits per heavy atom. The molecule has 106 valence electrons. The lowest BCUT2D eigenvalue weighted by molar-refractivity contribution is -0.386.